The second kappa shape index (κ2) is 7.01. The van der Waals surface area contributed by atoms with Gasteiger partial charge in [0.25, 0.3) is 0 Å². The van der Waals surface area contributed by atoms with Crippen molar-refractivity contribution in [3.63, 3.8) is 0 Å². The molecule has 0 radical (unpaired) electrons. The summed E-state index contributed by atoms with van der Waals surface area (Å²) in [5.41, 5.74) is 4.48. The molecule has 0 bridgehead atoms. The summed E-state index contributed by atoms with van der Waals surface area (Å²) in [6.07, 6.45) is 2.03. The number of carbonyl (C=O) groups excluding carboxylic acids is 1. The number of rotatable bonds is 3. The molecular weight excluding hydrogens is 366 g/mol. The van der Waals surface area contributed by atoms with Crippen LogP contribution >= 0.6 is 15.9 Å². The van der Waals surface area contributed by atoms with Crippen LogP contribution < -0.4 is 5.32 Å². The van der Waals surface area contributed by atoms with Crippen LogP contribution in [0.4, 0.5) is 10.5 Å². The van der Waals surface area contributed by atoms with Crippen molar-refractivity contribution in [3.05, 3.63) is 51.8 Å². The molecule has 0 unspecified atom stereocenters. The third-order valence-corrected chi connectivity index (χ3v) is 5.64. The molecule has 1 N–H and O–H groups in total. The minimum absolute atomic E-state index is 0.0136. The minimum atomic E-state index is -0.0136. The fourth-order valence-corrected chi connectivity index (χ4v) is 3.69. The Kier molecular flexibility index (Phi) is 4.99. The highest BCUT2D eigenvalue weighted by atomic mass is 79.9. The number of fused-ring (bicyclic) bond motifs is 1. The zero-order chi connectivity index (χ0) is 17.3. The monoisotopic (exact) mass is 389 g/mol. The predicted octanol–water partition coefficient (Wildman–Crippen LogP) is 5.26. The van der Waals surface area contributed by atoms with Gasteiger partial charge in [-0.1, -0.05) is 29.3 Å². The molecule has 128 valence electrons. The Bertz CT molecular complexity index is 753. The summed E-state index contributed by atoms with van der Waals surface area (Å²) in [4.78, 5) is 14.8. The molecule has 1 aromatic carbocycles. The van der Waals surface area contributed by atoms with Gasteiger partial charge in [-0.25, -0.2) is 4.79 Å². The maximum Gasteiger partial charge on any atom is 0.322 e. The van der Waals surface area contributed by atoms with E-state index in [0.29, 0.717) is 0 Å². The van der Waals surface area contributed by atoms with E-state index in [1.165, 1.54) is 11.4 Å². The summed E-state index contributed by atoms with van der Waals surface area (Å²) in [6, 6.07) is 10.3. The van der Waals surface area contributed by atoms with Crippen LogP contribution in [-0.4, -0.2) is 22.0 Å². The number of hydrogen-bond donors (Lipinski definition) is 1. The Labute approximate surface area is 152 Å². The van der Waals surface area contributed by atoms with Crippen molar-refractivity contribution < 1.29 is 4.79 Å². The molecule has 5 heteroatoms. The first-order valence-electron chi connectivity index (χ1n) is 8.51. The van der Waals surface area contributed by atoms with Gasteiger partial charge in [0.1, 0.15) is 0 Å². The van der Waals surface area contributed by atoms with E-state index in [2.05, 4.69) is 51.8 Å². The van der Waals surface area contributed by atoms with Crippen molar-refractivity contribution in [3.8, 4) is 0 Å². The molecule has 24 heavy (non-hydrogen) atoms. The molecule has 2 aromatic rings. The van der Waals surface area contributed by atoms with Crippen molar-refractivity contribution in [2.75, 3.05) is 11.9 Å². The number of halogens is 1. The van der Waals surface area contributed by atoms with E-state index >= 15 is 0 Å². The molecule has 0 aliphatic carbocycles. The summed E-state index contributed by atoms with van der Waals surface area (Å²) in [6.45, 7) is 7.93. The number of aryl methyl sites for hydroxylation is 2. The predicted molar refractivity (Wildman–Crippen MR) is 101 cm³/mol. The molecule has 1 aliphatic heterocycles. The highest BCUT2D eigenvalue weighted by molar-refractivity contribution is 9.10. The van der Waals surface area contributed by atoms with E-state index in [-0.39, 0.29) is 12.1 Å². The lowest BCUT2D eigenvalue weighted by Gasteiger charge is -2.37. The number of carbonyl (C=O) groups is 1. The SMILES string of the molecule is CCC[C@H]1c2ccc(C)n2CCN1C(=O)Nc1ccc(Br)c(C)c1. The lowest BCUT2D eigenvalue weighted by atomic mass is 10.0. The molecule has 0 saturated heterocycles. The number of aromatic nitrogens is 1. The topological polar surface area (TPSA) is 37.3 Å². The average molecular weight is 390 g/mol. The lowest BCUT2D eigenvalue weighted by Crippen LogP contribution is -2.44. The molecule has 0 saturated carbocycles. The molecule has 2 heterocycles. The number of hydrogen-bond acceptors (Lipinski definition) is 1. The van der Waals surface area contributed by atoms with Crippen molar-refractivity contribution in [2.24, 2.45) is 0 Å². The largest absolute Gasteiger partial charge is 0.345 e. The molecular formula is C19H24BrN3O. The zero-order valence-electron chi connectivity index (χ0n) is 14.5. The van der Waals surface area contributed by atoms with Gasteiger partial charge in [-0.15, -0.1) is 0 Å². The Morgan fingerprint density at radius 1 is 1.25 bits per heavy atom. The van der Waals surface area contributed by atoms with Gasteiger partial charge in [0.2, 0.25) is 0 Å². The van der Waals surface area contributed by atoms with Crippen molar-refractivity contribution >= 4 is 27.6 Å². The van der Waals surface area contributed by atoms with Gasteiger partial charge in [-0.05, 0) is 56.2 Å². The van der Waals surface area contributed by atoms with Gasteiger partial charge in [0, 0.05) is 34.6 Å². The maximum atomic E-state index is 12.9. The normalized spacial score (nSPS) is 16.8. The van der Waals surface area contributed by atoms with E-state index in [9.17, 15) is 4.79 Å². The number of urea groups is 1. The van der Waals surface area contributed by atoms with Crippen LogP contribution in [-0.2, 0) is 6.54 Å². The van der Waals surface area contributed by atoms with Crippen LogP contribution in [0.3, 0.4) is 0 Å². The Morgan fingerprint density at radius 3 is 2.75 bits per heavy atom. The quantitative estimate of drug-likeness (QED) is 0.763. The molecule has 3 rings (SSSR count). The summed E-state index contributed by atoms with van der Waals surface area (Å²) < 4.78 is 3.39. The number of nitrogens with zero attached hydrogens (tertiary/aromatic N) is 2. The Morgan fingerprint density at radius 2 is 2.04 bits per heavy atom. The molecule has 1 aliphatic rings. The standard InChI is InChI=1S/C19H24BrN3O/c1-4-5-17-18-9-6-14(3)22(18)10-11-23(17)19(24)21-15-7-8-16(20)13(2)12-15/h6-9,12,17H,4-5,10-11H2,1-3H3,(H,21,24)/t17-/m0/s1. The molecule has 1 atom stereocenters. The van der Waals surface area contributed by atoms with E-state index in [4.69, 9.17) is 0 Å². The van der Waals surface area contributed by atoms with Gasteiger partial charge < -0.3 is 14.8 Å². The first kappa shape index (κ1) is 17.1. The average Bonchev–Trinajstić information content (AvgIpc) is 2.93. The highest BCUT2D eigenvalue weighted by Gasteiger charge is 2.31. The Balaban J connectivity index is 1.81. The molecule has 1 aromatic heterocycles. The highest BCUT2D eigenvalue weighted by Crippen LogP contribution is 2.32. The molecule has 4 nitrogen and oxygen atoms in total. The van der Waals surface area contributed by atoms with Gasteiger partial charge in [-0.3, -0.25) is 0 Å². The summed E-state index contributed by atoms with van der Waals surface area (Å²) in [5.74, 6) is 0. The molecule has 2 amide bonds. The summed E-state index contributed by atoms with van der Waals surface area (Å²) in [5, 5.41) is 3.06. The first-order chi connectivity index (χ1) is 11.5. The zero-order valence-corrected chi connectivity index (χ0v) is 16.1. The van der Waals surface area contributed by atoms with Crippen LogP contribution in [0.2, 0.25) is 0 Å². The molecule has 0 fully saturated rings. The maximum absolute atomic E-state index is 12.9. The fraction of sp³-hybridized carbons (Fsp3) is 0.421. The number of nitrogens with one attached hydrogen (secondary N) is 1. The minimum Gasteiger partial charge on any atom is -0.345 e. The van der Waals surface area contributed by atoms with Crippen LogP contribution in [0.25, 0.3) is 0 Å². The van der Waals surface area contributed by atoms with Crippen LogP contribution in [0.5, 0.6) is 0 Å². The summed E-state index contributed by atoms with van der Waals surface area (Å²) >= 11 is 3.50. The van der Waals surface area contributed by atoms with Crippen molar-refractivity contribution in [1.29, 1.82) is 0 Å². The first-order valence-corrected chi connectivity index (χ1v) is 9.30. The van der Waals surface area contributed by atoms with E-state index in [1.54, 1.807) is 0 Å². The van der Waals surface area contributed by atoms with E-state index in [1.807, 2.05) is 30.0 Å². The second-order valence-corrected chi connectivity index (χ2v) is 7.30. The van der Waals surface area contributed by atoms with Gasteiger partial charge >= 0.3 is 6.03 Å². The van der Waals surface area contributed by atoms with E-state index in [0.717, 1.165) is 41.7 Å². The number of benzene rings is 1. The van der Waals surface area contributed by atoms with Crippen LogP contribution in [0.1, 0.15) is 42.8 Å². The third-order valence-electron chi connectivity index (χ3n) is 4.75. The lowest BCUT2D eigenvalue weighted by molar-refractivity contribution is 0.162. The number of anilines is 1. The van der Waals surface area contributed by atoms with Crippen molar-refractivity contribution in [2.45, 2.75) is 46.2 Å². The number of amides is 2. The third kappa shape index (κ3) is 3.22. The Hall–Kier alpha value is -1.75. The van der Waals surface area contributed by atoms with Gasteiger partial charge in [-0.2, -0.15) is 0 Å². The molecule has 0 spiro atoms. The van der Waals surface area contributed by atoms with Gasteiger partial charge in [0.15, 0.2) is 0 Å². The van der Waals surface area contributed by atoms with Crippen LogP contribution in [0.15, 0.2) is 34.8 Å². The van der Waals surface area contributed by atoms with Crippen LogP contribution in [0, 0.1) is 13.8 Å². The summed E-state index contributed by atoms with van der Waals surface area (Å²) in [7, 11) is 0. The van der Waals surface area contributed by atoms with Gasteiger partial charge in [0.05, 0.1) is 6.04 Å². The van der Waals surface area contributed by atoms with E-state index < -0.39 is 0 Å². The smallest absolute Gasteiger partial charge is 0.322 e. The second-order valence-electron chi connectivity index (χ2n) is 6.44. The van der Waals surface area contributed by atoms with Crippen molar-refractivity contribution in [1.82, 2.24) is 9.47 Å². The fourth-order valence-electron chi connectivity index (χ4n) is 3.45.